The number of amides is 2. The molecule has 2 aromatic carbocycles. The van der Waals surface area contributed by atoms with Crippen LogP contribution in [0.1, 0.15) is 36.2 Å². The van der Waals surface area contributed by atoms with Crippen LogP contribution in [0.15, 0.2) is 40.2 Å². The number of carbonyl (C=O) groups excluding carboxylic acids is 2. The summed E-state index contributed by atoms with van der Waals surface area (Å²) < 4.78 is 5.42. The molecular weight excluding hydrogens is 436 g/mol. The number of fused-ring (bicyclic) bond motifs is 2. The number of thiazole rings is 1. The topological polar surface area (TPSA) is 88.3 Å². The molecule has 0 bridgehead atoms. The number of rotatable bonds is 4. The maximum atomic E-state index is 12.7. The Morgan fingerprint density at radius 1 is 1.21 bits per heavy atom. The first-order chi connectivity index (χ1) is 15.6. The van der Waals surface area contributed by atoms with Gasteiger partial charge in [-0.05, 0) is 62.6 Å². The van der Waals surface area contributed by atoms with E-state index in [9.17, 15) is 9.59 Å². The number of hydrogen-bond acceptors (Lipinski definition) is 6. The van der Waals surface area contributed by atoms with Gasteiger partial charge in [-0.15, -0.1) is 11.3 Å². The summed E-state index contributed by atoms with van der Waals surface area (Å²) in [7, 11) is 1.80. The number of hydrogen-bond donors (Lipinski definition) is 1. The Labute approximate surface area is 195 Å². The molecule has 3 heterocycles. The van der Waals surface area contributed by atoms with Crippen molar-refractivity contribution in [3.63, 3.8) is 0 Å². The summed E-state index contributed by atoms with van der Waals surface area (Å²) in [6, 6.07) is 9.90. The van der Waals surface area contributed by atoms with E-state index < -0.39 is 5.41 Å². The third kappa shape index (κ3) is 3.51. The molecule has 0 fully saturated rings. The normalized spacial score (nSPS) is 14.7. The molecule has 2 aromatic heterocycles. The molecular formula is C25H24N4O3S. The molecule has 4 aromatic rings. The molecule has 33 heavy (non-hydrogen) atoms. The molecule has 0 saturated heterocycles. The van der Waals surface area contributed by atoms with Crippen LogP contribution in [-0.2, 0) is 21.4 Å². The van der Waals surface area contributed by atoms with Crippen molar-refractivity contribution >= 4 is 44.9 Å². The van der Waals surface area contributed by atoms with Gasteiger partial charge in [0.25, 0.3) is 0 Å². The van der Waals surface area contributed by atoms with Gasteiger partial charge in [0, 0.05) is 29.1 Å². The molecule has 0 atom stereocenters. The number of nitrogens with one attached hydrogen (secondary N) is 1. The first-order valence-electron chi connectivity index (χ1n) is 10.7. The second-order valence-electron chi connectivity index (χ2n) is 9.07. The van der Waals surface area contributed by atoms with Crippen LogP contribution < -0.4 is 10.2 Å². The quantitative estimate of drug-likeness (QED) is 0.463. The summed E-state index contributed by atoms with van der Waals surface area (Å²) in [5.41, 5.74) is 6.43. The fourth-order valence-electron chi connectivity index (χ4n) is 4.55. The minimum Gasteiger partial charge on any atom is -0.356 e. The van der Waals surface area contributed by atoms with Crippen molar-refractivity contribution in [2.45, 2.75) is 39.5 Å². The molecule has 5 rings (SSSR count). The number of carbonyl (C=O) groups is 2. The van der Waals surface area contributed by atoms with Crippen LogP contribution in [-0.4, -0.2) is 29.0 Å². The number of aromatic nitrogens is 2. The van der Waals surface area contributed by atoms with E-state index in [1.165, 1.54) is 11.3 Å². The Balaban J connectivity index is 1.35. The molecule has 0 saturated carbocycles. The van der Waals surface area contributed by atoms with Gasteiger partial charge in [0.15, 0.2) is 10.7 Å². The molecule has 2 amide bonds. The van der Waals surface area contributed by atoms with E-state index in [0.717, 1.165) is 39.0 Å². The highest BCUT2D eigenvalue weighted by molar-refractivity contribution is 7.14. The van der Waals surface area contributed by atoms with Crippen LogP contribution in [0, 0.1) is 13.8 Å². The zero-order valence-corrected chi connectivity index (χ0v) is 20.0. The summed E-state index contributed by atoms with van der Waals surface area (Å²) in [4.78, 5) is 31.5. The molecule has 1 aliphatic rings. The maximum absolute atomic E-state index is 12.7. The van der Waals surface area contributed by atoms with Gasteiger partial charge in [0.1, 0.15) is 5.69 Å². The van der Waals surface area contributed by atoms with Gasteiger partial charge in [0.05, 0.1) is 17.5 Å². The van der Waals surface area contributed by atoms with Gasteiger partial charge in [-0.25, -0.2) is 4.98 Å². The van der Waals surface area contributed by atoms with E-state index >= 15 is 0 Å². The Bertz CT molecular complexity index is 1430. The number of nitrogens with zero attached hydrogens (tertiary/aromatic N) is 3. The third-order valence-electron chi connectivity index (χ3n) is 6.23. The average Bonchev–Trinajstić information content (AvgIpc) is 3.42. The smallest absolute Gasteiger partial charge is 0.236 e. The molecule has 1 N–H and O–H groups in total. The van der Waals surface area contributed by atoms with Crippen LogP contribution in [0.2, 0.25) is 0 Å². The van der Waals surface area contributed by atoms with E-state index in [-0.39, 0.29) is 18.2 Å². The molecule has 168 valence electrons. The minimum absolute atomic E-state index is 0.0756. The van der Waals surface area contributed by atoms with Crippen LogP contribution in [0.3, 0.4) is 0 Å². The Hall–Kier alpha value is -3.52. The highest BCUT2D eigenvalue weighted by atomic mass is 32.1. The minimum atomic E-state index is -0.579. The van der Waals surface area contributed by atoms with Crippen molar-refractivity contribution in [2.24, 2.45) is 0 Å². The van der Waals surface area contributed by atoms with E-state index in [1.54, 1.807) is 11.9 Å². The second-order valence-corrected chi connectivity index (χ2v) is 9.93. The second kappa shape index (κ2) is 7.52. The van der Waals surface area contributed by atoms with Gasteiger partial charge in [-0.2, -0.15) is 0 Å². The number of aryl methyl sites for hydroxylation is 2. The van der Waals surface area contributed by atoms with E-state index in [4.69, 9.17) is 4.52 Å². The molecule has 0 unspecified atom stereocenters. The van der Waals surface area contributed by atoms with Gasteiger partial charge in [0.2, 0.25) is 11.8 Å². The molecule has 0 spiro atoms. The largest absolute Gasteiger partial charge is 0.356 e. The highest BCUT2D eigenvalue weighted by Gasteiger charge is 2.42. The van der Waals surface area contributed by atoms with Crippen molar-refractivity contribution in [3.05, 3.63) is 58.1 Å². The summed E-state index contributed by atoms with van der Waals surface area (Å²) in [6.45, 7) is 7.86. The fraction of sp³-hybridized carbons (Fsp3) is 0.280. The Kier molecular flexibility index (Phi) is 4.86. The first-order valence-corrected chi connectivity index (χ1v) is 11.6. The van der Waals surface area contributed by atoms with Gasteiger partial charge in [-0.3, -0.25) is 9.59 Å². The van der Waals surface area contributed by atoms with Crippen LogP contribution in [0.5, 0.6) is 0 Å². The highest BCUT2D eigenvalue weighted by Crippen LogP contribution is 2.42. The molecule has 0 aliphatic carbocycles. The lowest BCUT2D eigenvalue weighted by Gasteiger charge is -2.16. The van der Waals surface area contributed by atoms with E-state index in [1.807, 2.05) is 57.3 Å². The van der Waals surface area contributed by atoms with Gasteiger partial charge < -0.3 is 14.7 Å². The monoisotopic (exact) mass is 460 g/mol. The predicted octanol–water partition coefficient (Wildman–Crippen LogP) is 5.00. The SMILES string of the molecule is Cc1cc(C)c2c(CC(=O)Nc3nc(-c4ccc5c(c4)C(C)(C)C(=O)N5C)cs3)noc2c1. The summed E-state index contributed by atoms with van der Waals surface area (Å²) in [6.07, 6.45) is 0.104. The molecule has 0 radical (unpaired) electrons. The van der Waals surface area contributed by atoms with Crippen LogP contribution in [0.4, 0.5) is 10.8 Å². The maximum Gasteiger partial charge on any atom is 0.236 e. The summed E-state index contributed by atoms with van der Waals surface area (Å²) in [5, 5.41) is 10.3. The first kappa shape index (κ1) is 21.3. The third-order valence-corrected chi connectivity index (χ3v) is 6.99. The van der Waals surface area contributed by atoms with Crippen molar-refractivity contribution in [2.75, 3.05) is 17.3 Å². The van der Waals surface area contributed by atoms with Crippen molar-refractivity contribution in [1.29, 1.82) is 0 Å². The van der Waals surface area contributed by atoms with Crippen molar-refractivity contribution in [1.82, 2.24) is 10.1 Å². The fourth-order valence-corrected chi connectivity index (χ4v) is 5.29. The van der Waals surface area contributed by atoms with Crippen LogP contribution in [0.25, 0.3) is 22.2 Å². The lowest BCUT2D eigenvalue weighted by Crippen LogP contribution is -2.33. The Morgan fingerprint density at radius 3 is 2.79 bits per heavy atom. The van der Waals surface area contributed by atoms with Gasteiger partial charge >= 0.3 is 0 Å². The standard InChI is InChI=1S/C25H24N4O3S/c1-13-8-14(2)22-17(28-32-20(22)9-13)11-21(30)27-24-26-18(12-33-24)15-6-7-19-16(10-15)25(3,4)23(31)29(19)5/h6-10,12H,11H2,1-5H3,(H,26,27,30). The summed E-state index contributed by atoms with van der Waals surface area (Å²) in [5.74, 6) is -0.125. The average molecular weight is 461 g/mol. The number of likely N-dealkylation sites (N-methyl/N-ethyl adjacent to an activating group) is 1. The van der Waals surface area contributed by atoms with E-state index in [0.29, 0.717) is 16.4 Å². The molecule has 8 heteroatoms. The molecule has 1 aliphatic heterocycles. The van der Waals surface area contributed by atoms with E-state index in [2.05, 4.69) is 21.5 Å². The number of anilines is 2. The zero-order chi connectivity index (χ0) is 23.5. The summed E-state index contributed by atoms with van der Waals surface area (Å²) >= 11 is 1.36. The van der Waals surface area contributed by atoms with Crippen molar-refractivity contribution in [3.8, 4) is 11.3 Å². The zero-order valence-electron chi connectivity index (χ0n) is 19.1. The lowest BCUT2D eigenvalue weighted by molar-refractivity contribution is -0.121. The number of benzene rings is 2. The van der Waals surface area contributed by atoms with Gasteiger partial charge in [-0.1, -0.05) is 17.3 Å². The lowest BCUT2D eigenvalue weighted by atomic mass is 9.85. The Morgan fingerprint density at radius 2 is 2.00 bits per heavy atom. The van der Waals surface area contributed by atoms with Crippen LogP contribution >= 0.6 is 11.3 Å². The van der Waals surface area contributed by atoms with Crippen molar-refractivity contribution < 1.29 is 14.1 Å². The molecule has 7 nitrogen and oxygen atoms in total. The predicted molar refractivity (Wildman–Crippen MR) is 130 cm³/mol.